The van der Waals surface area contributed by atoms with Crippen LogP contribution in [0.15, 0.2) is 0 Å². The van der Waals surface area contributed by atoms with Crippen LogP contribution in [0, 0.1) is 16.7 Å². The van der Waals surface area contributed by atoms with Crippen LogP contribution >= 0.6 is 0 Å². The van der Waals surface area contributed by atoms with E-state index in [4.69, 9.17) is 10.4 Å². The summed E-state index contributed by atoms with van der Waals surface area (Å²) in [6.07, 6.45) is 0. The number of carbonyl (C=O) groups excluding carboxylic acids is 1. The predicted molar refractivity (Wildman–Crippen MR) is 48.7 cm³/mol. The smallest absolute Gasteiger partial charge is 0.240 e. The first-order valence-corrected chi connectivity index (χ1v) is 4.10. The second-order valence-corrected chi connectivity index (χ2v) is 4.23. The lowest BCUT2D eigenvalue weighted by molar-refractivity contribution is -0.128. The largest absolute Gasteiger partial charge is 0.394 e. The topological polar surface area (TPSA) is 73.1 Å². The molecule has 0 fully saturated rings. The Morgan fingerprint density at radius 1 is 1.46 bits per heavy atom. The fourth-order valence-corrected chi connectivity index (χ4v) is 0.554. The SMILES string of the molecule is CC(C)(CO)NC(=O)C(C)(C)C#N. The highest BCUT2D eigenvalue weighted by molar-refractivity contribution is 5.85. The van der Waals surface area contributed by atoms with E-state index in [0.717, 1.165) is 0 Å². The first kappa shape index (κ1) is 11.9. The van der Waals surface area contributed by atoms with E-state index in [1.165, 1.54) is 13.8 Å². The number of nitrogens with zero attached hydrogens (tertiary/aromatic N) is 1. The van der Waals surface area contributed by atoms with Gasteiger partial charge in [-0.3, -0.25) is 4.79 Å². The number of nitriles is 1. The van der Waals surface area contributed by atoms with Gasteiger partial charge in [-0.05, 0) is 27.7 Å². The minimum Gasteiger partial charge on any atom is -0.394 e. The van der Waals surface area contributed by atoms with E-state index in [1.807, 2.05) is 6.07 Å². The Balaban J connectivity index is 4.43. The highest BCUT2D eigenvalue weighted by Crippen LogP contribution is 2.14. The molecule has 13 heavy (non-hydrogen) atoms. The molecule has 0 saturated carbocycles. The summed E-state index contributed by atoms with van der Waals surface area (Å²) in [5.41, 5.74) is -1.72. The molecule has 0 aromatic heterocycles. The third-order valence-electron chi connectivity index (χ3n) is 1.69. The summed E-state index contributed by atoms with van der Waals surface area (Å²) >= 11 is 0. The number of rotatable bonds is 3. The summed E-state index contributed by atoms with van der Waals surface area (Å²) in [5, 5.41) is 20.1. The highest BCUT2D eigenvalue weighted by atomic mass is 16.3. The molecule has 0 aromatic carbocycles. The van der Waals surface area contributed by atoms with Gasteiger partial charge >= 0.3 is 0 Å². The number of aliphatic hydroxyl groups excluding tert-OH is 1. The summed E-state index contributed by atoms with van der Waals surface area (Å²) in [6.45, 7) is 6.31. The van der Waals surface area contributed by atoms with Crippen molar-refractivity contribution >= 4 is 5.91 Å². The molecule has 0 atom stereocenters. The average Bonchev–Trinajstić information content (AvgIpc) is 2.04. The first-order chi connectivity index (χ1) is 5.75. The van der Waals surface area contributed by atoms with Gasteiger partial charge in [-0.1, -0.05) is 0 Å². The number of amides is 1. The molecule has 1 amide bonds. The second kappa shape index (κ2) is 3.75. The monoisotopic (exact) mass is 184 g/mol. The van der Waals surface area contributed by atoms with Crippen molar-refractivity contribution in [3.63, 3.8) is 0 Å². The third-order valence-corrected chi connectivity index (χ3v) is 1.69. The van der Waals surface area contributed by atoms with Gasteiger partial charge in [0, 0.05) is 0 Å². The Morgan fingerprint density at radius 3 is 2.23 bits per heavy atom. The van der Waals surface area contributed by atoms with Crippen LogP contribution in [0.2, 0.25) is 0 Å². The van der Waals surface area contributed by atoms with Gasteiger partial charge in [0.05, 0.1) is 18.2 Å². The Labute approximate surface area is 78.6 Å². The van der Waals surface area contributed by atoms with E-state index in [2.05, 4.69) is 5.32 Å². The van der Waals surface area contributed by atoms with Crippen LogP contribution in [0.4, 0.5) is 0 Å². The molecule has 74 valence electrons. The molecule has 4 nitrogen and oxygen atoms in total. The molecule has 0 aliphatic carbocycles. The van der Waals surface area contributed by atoms with Crippen LogP contribution in [0.5, 0.6) is 0 Å². The summed E-state index contributed by atoms with van der Waals surface area (Å²) in [7, 11) is 0. The van der Waals surface area contributed by atoms with E-state index < -0.39 is 11.0 Å². The molecule has 0 aromatic rings. The third kappa shape index (κ3) is 3.43. The highest BCUT2D eigenvalue weighted by Gasteiger charge is 2.31. The Kier molecular flexibility index (Phi) is 3.44. The van der Waals surface area contributed by atoms with Crippen molar-refractivity contribution in [3.05, 3.63) is 0 Å². The molecule has 0 heterocycles. The molecule has 0 rings (SSSR count). The molecule has 0 aliphatic heterocycles. The quantitative estimate of drug-likeness (QED) is 0.667. The zero-order chi connectivity index (χ0) is 10.7. The van der Waals surface area contributed by atoms with Crippen LogP contribution in [-0.4, -0.2) is 23.2 Å². The summed E-state index contributed by atoms with van der Waals surface area (Å²) in [5.74, 6) is -0.367. The van der Waals surface area contributed by atoms with Gasteiger partial charge < -0.3 is 10.4 Å². The summed E-state index contributed by atoms with van der Waals surface area (Å²) in [6, 6.07) is 1.89. The van der Waals surface area contributed by atoms with Crippen LogP contribution in [-0.2, 0) is 4.79 Å². The summed E-state index contributed by atoms with van der Waals surface area (Å²) < 4.78 is 0. The minimum atomic E-state index is -1.05. The lowest BCUT2D eigenvalue weighted by Crippen LogP contribution is -2.50. The maximum atomic E-state index is 11.4. The maximum absolute atomic E-state index is 11.4. The number of aliphatic hydroxyl groups is 1. The second-order valence-electron chi connectivity index (χ2n) is 4.23. The van der Waals surface area contributed by atoms with Crippen LogP contribution in [0.3, 0.4) is 0 Å². The molecule has 0 spiro atoms. The lowest BCUT2D eigenvalue weighted by Gasteiger charge is -2.27. The Bertz CT molecular complexity index is 238. The van der Waals surface area contributed by atoms with Gasteiger partial charge in [0.1, 0.15) is 5.41 Å². The van der Waals surface area contributed by atoms with E-state index in [1.54, 1.807) is 13.8 Å². The Hall–Kier alpha value is -1.08. The predicted octanol–water partition coefficient (Wildman–Crippen LogP) is 0.423. The van der Waals surface area contributed by atoms with E-state index >= 15 is 0 Å². The Morgan fingerprint density at radius 2 is 1.92 bits per heavy atom. The summed E-state index contributed by atoms with van der Waals surface area (Å²) in [4.78, 5) is 11.4. The standard InChI is InChI=1S/C9H16N2O2/c1-8(2,5-10)7(13)11-9(3,4)6-12/h12H,6H2,1-4H3,(H,11,13). The zero-order valence-electron chi connectivity index (χ0n) is 8.51. The van der Waals surface area contributed by atoms with Crippen molar-refractivity contribution in [1.29, 1.82) is 5.26 Å². The van der Waals surface area contributed by atoms with Crippen LogP contribution in [0.1, 0.15) is 27.7 Å². The van der Waals surface area contributed by atoms with Crippen molar-refractivity contribution in [3.8, 4) is 6.07 Å². The normalized spacial score (nSPS) is 12.0. The zero-order valence-corrected chi connectivity index (χ0v) is 8.51. The van der Waals surface area contributed by atoms with Gasteiger partial charge in [-0.2, -0.15) is 5.26 Å². The van der Waals surface area contributed by atoms with E-state index in [9.17, 15) is 4.79 Å². The van der Waals surface area contributed by atoms with Crippen molar-refractivity contribution < 1.29 is 9.90 Å². The average molecular weight is 184 g/mol. The lowest BCUT2D eigenvalue weighted by atomic mass is 9.93. The first-order valence-electron chi connectivity index (χ1n) is 4.10. The van der Waals surface area contributed by atoms with Crippen LogP contribution < -0.4 is 5.32 Å². The maximum Gasteiger partial charge on any atom is 0.240 e. The fourth-order valence-electron chi connectivity index (χ4n) is 0.554. The fraction of sp³-hybridized carbons (Fsp3) is 0.778. The van der Waals surface area contributed by atoms with Crippen LogP contribution in [0.25, 0.3) is 0 Å². The van der Waals surface area contributed by atoms with Crippen molar-refractivity contribution in [1.82, 2.24) is 5.32 Å². The molecule has 0 saturated heterocycles. The molecule has 0 unspecified atom stereocenters. The molecule has 0 aliphatic rings. The molecule has 2 N–H and O–H groups in total. The molecule has 4 heteroatoms. The van der Waals surface area contributed by atoms with Gasteiger partial charge in [0.2, 0.25) is 5.91 Å². The van der Waals surface area contributed by atoms with Crippen molar-refractivity contribution in [2.75, 3.05) is 6.61 Å². The van der Waals surface area contributed by atoms with Gasteiger partial charge in [0.25, 0.3) is 0 Å². The van der Waals surface area contributed by atoms with E-state index in [-0.39, 0.29) is 12.5 Å². The minimum absolute atomic E-state index is 0.153. The number of nitrogens with one attached hydrogen (secondary N) is 1. The van der Waals surface area contributed by atoms with Gasteiger partial charge in [-0.25, -0.2) is 0 Å². The van der Waals surface area contributed by atoms with Gasteiger partial charge in [-0.15, -0.1) is 0 Å². The molecule has 0 bridgehead atoms. The van der Waals surface area contributed by atoms with Gasteiger partial charge in [0.15, 0.2) is 0 Å². The van der Waals surface area contributed by atoms with E-state index in [0.29, 0.717) is 0 Å². The van der Waals surface area contributed by atoms with Crippen molar-refractivity contribution in [2.45, 2.75) is 33.2 Å². The molecular weight excluding hydrogens is 168 g/mol. The number of carbonyl (C=O) groups is 1. The van der Waals surface area contributed by atoms with Crippen molar-refractivity contribution in [2.24, 2.45) is 5.41 Å². The molecule has 0 radical (unpaired) electrons. The molecular formula is C9H16N2O2. The number of hydrogen-bond donors (Lipinski definition) is 2. The number of hydrogen-bond acceptors (Lipinski definition) is 3.